The van der Waals surface area contributed by atoms with Crippen LogP contribution in [0.1, 0.15) is 24.8 Å². The van der Waals surface area contributed by atoms with Gasteiger partial charge in [-0.25, -0.2) is 0 Å². The zero-order valence-electron chi connectivity index (χ0n) is 14.6. The van der Waals surface area contributed by atoms with E-state index in [2.05, 4.69) is 5.32 Å². The number of nitrogens with one attached hydrogen (secondary N) is 1. The van der Waals surface area contributed by atoms with Crippen LogP contribution in [0.4, 0.5) is 11.4 Å². The number of carbonyl (C=O) groups excluding carboxylic acids is 1. The molecular formula is C19H25ClN2O3. The molecule has 0 atom stereocenters. The first-order valence-corrected chi connectivity index (χ1v) is 8.01. The van der Waals surface area contributed by atoms with Crippen LogP contribution in [0.15, 0.2) is 42.5 Å². The van der Waals surface area contributed by atoms with Crippen LogP contribution in [-0.4, -0.2) is 19.6 Å². The molecule has 0 saturated heterocycles. The second-order valence-electron chi connectivity index (χ2n) is 5.62. The lowest BCUT2D eigenvalue weighted by Gasteiger charge is -2.10. The average molecular weight is 365 g/mol. The minimum Gasteiger partial charge on any atom is -0.497 e. The van der Waals surface area contributed by atoms with Gasteiger partial charge >= 0.3 is 0 Å². The Morgan fingerprint density at radius 2 is 1.92 bits per heavy atom. The Morgan fingerprint density at radius 3 is 2.64 bits per heavy atom. The van der Waals surface area contributed by atoms with Crippen LogP contribution in [0.25, 0.3) is 0 Å². The molecule has 0 aromatic heterocycles. The third kappa shape index (κ3) is 6.93. The quantitative estimate of drug-likeness (QED) is 0.544. The minimum atomic E-state index is -0.0643. The highest BCUT2D eigenvalue weighted by Crippen LogP contribution is 2.24. The Bertz CT molecular complexity index is 692. The van der Waals surface area contributed by atoms with Crippen LogP contribution >= 0.6 is 12.4 Å². The number of aryl methyl sites for hydroxylation is 1. The number of halogens is 1. The summed E-state index contributed by atoms with van der Waals surface area (Å²) in [5.41, 5.74) is 8.12. The van der Waals surface area contributed by atoms with Crippen LogP contribution in [0.2, 0.25) is 0 Å². The van der Waals surface area contributed by atoms with E-state index >= 15 is 0 Å². The summed E-state index contributed by atoms with van der Waals surface area (Å²) < 4.78 is 10.8. The summed E-state index contributed by atoms with van der Waals surface area (Å²) in [6.07, 6.45) is 1.99. The Kier molecular flexibility index (Phi) is 8.64. The van der Waals surface area contributed by atoms with Crippen LogP contribution in [0.3, 0.4) is 0 Å². The van der Waals surface area contributed by atoms with Crippen LogP contribution in [0, 0.1) is 6.92 Å². The maximum Gasteiger partial charge on any atom is 0.224 e. The highest BCUT2D eigenvalue weighted by molar-refractivity contribution is 5.94. The van der Waals surface area contributed by atoms with E-state index in [9.17, 15) is 4.79 Å². The molecule has 0 bridgehead atoms. The molecule has 0 radical (unpaired) electrons. The fraction of sp³-hybridized carbons (Fsp3) is 0.316. The highest BCUT2D eigenvalue weighted by atomic mass is 35.5. The predicted molar refractivity (Wildman–Crippen MR) is 104 cm³/mol. The lowest BCUT2D eigenvalue weighted by molar-refractivity contribution is -0.116. The van der Waals surface area contributed by atoms with Gasteiger partial charge in [-0.1, -0.05) is 12.1 Å². The van der Waals surface area contributed by atoms with Crippen molar-refractivity contribution in [3.63, 3.8) is 0 Å². The first-order valence-electron chi connectivity index (χ1n) is 8.01. The number of hydrogen-bond acceptors (Lipinski definition) is 4. The second kappa shape index (κ2) is 10.5. The van der Waals surface area contributed by atoms with E-state index in [1.54, 1.807) is 25.3 Å². The summed E-state index contributed by atoms with van der Waals surface area (Å²) in [6.45, 7) is 2.62. The van der Waals surface area contributed by atoms with Gasteiger partial charge in [0.05, 0.1) is 25.1 Å². The van der Waals surface area contributed by atoms with Crippen molar-refractivity contribution in [2.24, 2.45) is 0 Å². The molecule has 0 aliphatic carbocycles. The van der Waals surface area contributed by atoms with E-state index in [0.717, 1.165) is 18.6 Å². The number of methoxy groups -OCH3 is 1. The number of nitrogens with two attached hydrogens (primary N) is 1. The van der Waals surface area contributed by atoms with Gasteiger partial charge in [-0.3, -0.25) is 4.79 Å². The molecular weight excluding hydrogens is 340 g/mol. The summed E-state index contributed by atoms with van der Waals surface area (Å²) in [7, 11) is 1.57. The van der Waals surface area contributed by atoms with E-state index in [1.807, 2.05) is 31.2 Å². The molecule has 2 aromatic rings. The van der Waals surface area contributed by atoms with Crippen LogP contribution < -0.4 is 20.5 Å². The number of unbranched alkanes of at least 4 members (excludes halogenated alkanes) is 1. The van der Waals surface area contributed by atoms with Crippen molar-refractivity contribution < 1.29 is 14.3 Å². The zero-order chi connectivity index (χ0) is 17.4. The molecule has 25 heavy (non-hydrogen) atoms. The molecule has 0 fully saturated rings. The van der Waals surface area contributed by atoms with Gasteiger partial charge in [0.15, 0.2) is 0 Å². The normalized spacial score (nSPS) is 9.84. The van der Waals surface area contributed by atoms with Gasteiger partial charge < -0.3 is 20.5 Å². The Labute approximate surface area is 154 Å². The van der Waals surface area contributed by atoms with E-state index in [4.69, 9.17) is 15.2 Å². The summed E-state index contributed by atoms with van der Waals surface area (Å²) >= 11 is 0. The lowest BCUT2D eigenvalue weighted by atomic mass is 10.2. The van der Waals surface area contributed by atoms with Crippen molar-refractivity contribution in [2.75, 3.05) is 24.8 Å². The van der Waals surface area contributed by atoms with E-state index < -0.39 is 0 Å². The molecule has 0 saturated carbocycles. The first-order chi connectivity index (χ1) is 11.6. The van der Waals surface area contributed by atoms with Crippen LogP contribution in [-0.2, 0) is 4.79 Å². The van der Waals surface area contributed by atoms with Crippen molar-refractivity contribution in [1.29, 1.82) is 0 Å². The largest absolute Gasteiger partial charge is 0.497 e. The highest BCUT2D eigenvalue weighted by Gasteiger charge is 2.06. The third-order valence-corrected chi connectivity index (χ3v) is 3.59. The van der Waals surface area contributed by atoms with Crippen molar-refractivity contribution >= 4 is 29.7 Å². The van der Waals surface area contributed by atoms with Crippen LogP contribution in [0.5, 0.6) is 11.5 Å². The Hall–Kier alpha value is -2.40. The third-order valence-electron chi connectivity index (χ3n) is 3.59. The topological polar surface area (TPSA) is 73.6 Å². The SMILES string of the molecule is COc1ccc(N)c(NC(=O)CCCCOc2cccc(C)c2)c1.Cl. The lowest BCUT2D eigenvalue weighted by Crippen LogP contribution is -2.13. The van der Waals surface area contributed by atoms with E-state index in [-0.39, 0.29) is 18.3 Å². The fourth-order valence-electron chi connectivity index (χ4n) is 2.27. The van der Waals surface area contributed by atoms with E-state index in [0.29, 0.717) is 30.2 Å². The molecule has 0 heterocycles. The van der Waals surface area contributed by atoms with Gasteiger partial charge in [0.1, 0.15) is 11.5 Å². The number of benzene rings is 2. The second-order valence-corrected chi connectivity index (χ2v) is 5.62. The number of hydrogen-bond donors (Lipinski definition) is 2. The molecule has 0 unspecified atom stereocenters. The number of carbonyl (C=O) groups is 1. The number of anilines is 2. The predicted octanol–water partition coefficient (Wildman–Crippen LogP) is 4.20. The minimum absolute atomic E-state index is 0. The number of nitrogen functional groups attached to an aromatic ring is 1. The summed E-state index contributed by atoms with van der Waals surface area (Å²) in [4.78, 5) is 12.0. The van der Waals surface area contributed by atoms with Crippen molar-refractivity contribution in [1.82, 2.24) is 0 Å². The molecule has 1 amide bonds. The summed E-state index contributed by atoms with van der Waals surface area (Å²) in [5.74, 6) is 1.46. The molecule has 6 heteroatoms. The van der Waals surface area contributed by atoms with Crippen molar-refractivity contribution in [3.05, 3.63) is 48.0 Å². The van der Waals surface area contributed by atoms with Gasteiger partial charge in [0.25, 0.3) is 0 Å². The van der Waals surface area contributed by atoms with Gasteiger partial charge in [-0.2, -0.15) is 0 Å². The molecule has 3 N–H and O–H groups in total. The number of rotatable bonds is 8. The Balaban J connectivity index is 0.00000312. The molecule has 0 aliphatic heterocycles. The van der Waals surface area contributed by atoms with Crippen molar-refractivity contribution in [2.45, 2.75) is 26.2 Å². The van der Waals surface area contributed by atoms with Gasteiger partial charge in [0.2, 0.25) is 5.91 Å². The summed E-state index contributed by atoms with van der Waals surface area (Å²) in [5, 5.41) is 2.82. The maximum atomic E-state index is 12.0. The fourth-order valence-corrected chi connectivity index (χ4v) is 2.27. The van der Waals surface area contributed by atoms with E-state index in [1.165, 1.54) is 5.56 Å². The molecule has 2 rings (SSSR count). The standard InChI is InChI=1S/C19H24N2O3.ClH/c1-14-6-5-7-16(12-14)24-11-4-3-8-19(22)21-18-13-15(23-2)9-10-17(18)20;/h5-7,9-10,12-13H,3-4,8,11,20H2,1-2H3,(H,21,22);1H. The number of amides is 1. The average Bonchev–Trinajstić information content (AvgIpc) is 2.56. The van der Waals surface area contributed by atoms with Crippen molar-refractivity contribution in [3.8, 4) is 11.5 Å². The van der Waals surface area contributed by atoms with Gasteiger partial charge in [-0.15, -0.1) is 12.4 Å². The molecule has 2 aromatic carbocycles. The zero-order valence-corrected chi connectivity index (χ0v) is 15.4. The molecule has 5 nitrogen and oxygen atoms in total. The molecule has 136 valence electrons. The monoisotopic (exact) mass is 364 g/mol. The number of ether oxygens (including phenoxy) is 2. The maximum absolute atomic E-state index is 12.0. The smallest absolute Gasteiger partial charge is 0.224 e. The Morgan fingerprint density at radius 1 is 1.12 bits per heavy atom. The summed E-state index contributed by atoms with van der Waals surface area (Å²) in [6, 6.07) is 13.1. The molecule has 0 aliphatic rings. The van der Waals surface area contributed by atoms with Gasteiger partial charge in [0, 0.05) is 12.5 Å². The van der Waals surface area contributed by atoms with Gasteiger partial charge in [-0.05, 0) is 49.6 Å². The molecule has 0 spiro atoms. The first kappa shape index (κ1) is 20.6.